The van der Waals surface area contributed by atoms with Crippen LogP contribution in [0.3, 0.4) is 0 Å². The molecule has 0 unspecified atom stereocenters. The Morgan fingerprint density at radius 3 is 2.23 bits per heavy atom. The number of rotatable bonds is 1. The molecule has 0 spiro atoms. The molecule has 0 saturated heterocycles. The van der Waals surface area contributed by atoms with Gasteiger partial charge in [0.2, 0.25) is 0 Å². The Labute approximate surface area is 211 Å². The molecule has 0 bridgehead atoms. The minimum atomic E-state index is -0.884. The van der Waals surface area contributed by atoms with Gasteiger partial charge in [-0.25, -0.2) is 0 Å². The van der Waals surface area contributed by atoms with Crippen LogP contribution in [0.25, 0.3) is 0 Å². The number of ketones is 1. The molecule has 5 aliphatic rings. The van der Waals surface area contributed by atoms with Gasteiger partial charge in [-0.2, -0.15) is 0 Å². The van der Waals surface area contributed by atoms with Crippen LogP contribution in [0.5, 0.6) is 0 Å². The van der Waals surface area contributed by atoms with Crippen molar-refractivity contribution in [3.8, 4) is 0 Å². The van der Waals surface area contributed by atoms with E-state index in [-0.39, 0.29) is 46.4 Å². The zero-order valence-electron chi connectivity index (χ0n) is 22.7. The molecular weight excluding hydrogens is 440 g/mol. The van der Waals surface area contributed by atoms with Crippen molar-refractivity contribution < 1.29 is 25.2 Å². The van der Waals surface area contributed by atoms with Gasteiger partial charge in [-0.1, -0.05) is 53.2 Å². The predicted molar refractivity (Wildman–Crippen MR) is 135 cm³/mol. The summed E-state index contributed by atoms with van der Waals surface area (Å²) in [6.07, 6.45) is 6.99. The molecule has 0 heterocycles. The minimum Gasteiger partial charge on any atom is -0.396 e. The zero-order valence-corrected chi connectivity index (χ0v) is 22.7. The van der Waals surface area contributed by atoms with Crippen LogP contribution in [0, 0.1) is 50.7 Å². The fourth-order valence-corrected chi connectivity index (χ4v) is 11.0. The van der Waals surface area contributed by atoms with Crippen molar-refractivity contribution in [3.05, 3.63) is 11.6 Å². The number of allylic oxidation sites excluding steroid dienone is 2. The third-order valence-corrected chi connectivity index (χ3v) is 12.6. The van der Waals surface area contributed by atoms with Crippen LogP contribution >= 0.6 is 0 Å². The van der Waals surface area contributed by atoms with Crippen LogP contribution in [0.1, 0.15) is 92.9 Å². The van der Waals surface area contributed by atoms with E-state index in [1.165, 1.54) is 5.57 Å². The summed E-state index contributed by atoms with van der Waals surface area (Å²) in [6, 6.07) is 0. The maximum Gasteiger partial charge on any atom is 0.141 e. The highest BCUT2D eigenvalue weighted by molar-refractivity contribution is 5.87. The van der Waals surface area contributed by atoms with Crippen molar-refractivity contribution >= 4 is 5.78 Å². The van der Waals surface area contributed by atoms with Gasteiger partial charge in [0.25, 0.3) is 0 Å². The van der Waals surface area contributed by atoms with E-state index in [1.54, 1.807) is 0 Å². The first-order valence-electron chi connectivity index (χ1n) is 14.0. The molecule has 4 saturated carbocycles. The highest BCUT2D eigenvalue weighted by Crippen LogP contribution is 2.69. The highest BCUT2D eigenvalue weighted by atomic mass is 16.3. The molecule has 4 fully saturated rings. The quantitative estimate of drug-likeness (QED) is 0.414. The van der Waals surface area contributed by atoms with E-state index in [1.807, 2.05) is 13.8 Å². The smallest absolute Gasteiger partial charge is 0.141 e. The summed E-state index contributed by atoms with van der Waals surface area (Å²) in [7, 11) is 0. The number of hydrogen-bond donors (Lipinski definition) is 4. The maximum absolute atomic E-state index is 13.7. The Morgan fingerprint density at radius 2 is 1.57 bits per heavy atom. The minimum absolute atomic E-state index is 0.0141. The SMILES string of the molecule is CC1(C)[C@H](O)[C@H](O)C[C@]2(C)[C@H]3CC[C@@H]4[C@@]5(C)CC[C@@H](O)[C@](C)(CO)[C@@H]5CC[C@@]4(C)C=C3CC(=O)[C@@H]12. The van der Waals surface area contributed by atoms with Gasteiger partial charge >= 0.3 is 0 Å². The van der Waals surface area contributed by atoms with E-state index in [9.17, 15) is 25.2 Å². The first-order valence-corrected chi connectivity index (χ1v) is 14.0. The molecule has 0 aliphatic heterocycles. The van der Waals surface area contributed by atoms with Gasteiger partial charge in [-0.05, 0) is 78.9 Å². The summed E-state index contributed by atoms with van der Waals surface area (Å²) in [6.45, 7) is 13.0. The fraction of sp³-hybridized carbons (Fsp3) is 0.900. The lowest BCUT2D eigenvalue weighted by atomic mass is 9.42. The summed E-state index contributed by atoms with van der Waals surface area (Å²) in [4.78, 5) is 13.7. The summed E-state index contributed by atoms with van der Waals surface area (Å²) in [5.41, 5.74) is -0.213. The summed E-state index contributed by atoms with van der Waals surface area (Å²) >= 11 is 0. The monoisotopic (exact) mass is 488 g/mol. The molecule has 0 radical (unpaired) electrons. The van der Waals surface area contributed by atoms with Gasteiger partial charge in [0, 0.05) is 23.2 Å². The van der Waals surface area contributed by atoms with E-state index >= 15 is 0 Å². The molecule has 5 aliphatic carbocycles. The second kappa shape index (κ2) is 7.88. The van der Waals surface area contributed by atoms with Gasteiger partial charge in [0.1, 0.15) is 5.78 Å². The standard InChI is InChI=1S/C30H48O5/c1-26(2)24-19(32)13-17-14-27(3)11-9-22-28(4,12-10-23(34)30(22,6)16-31)21(27)8-7-18(17)29(24,5)15-20(33)25(26)35/h14,18,20-25,31,33-35H,7-13,15-16H2,1-6H3/t18-,20+,21-,22+,23+,24-,25+,27-,28+,29+,30+/m0/s1. The summed E-state index contributed by atoms with van der Waals surface area (Å²) < 4.78 is 0. The van der Waals surface area contributed by atoms with Crippen LogP contribution in [-0.4, -0.2) is 51.1 Å². The van der Waals surface area contributed by atoms with Gasteiger partial charge < -0.3 is 20.4 Å². The number of aliphatic hydroxyl groups excluding tert-OH is 4. The lowest BCUT2D eigenvalue weighted by molar-refractivity contribution is -0.188. The maximum atomic E-state index is 13.7. The topological polar surface area (TPSA) is 98.0 Å². The number of aliphatic hydroxyl groups is 4. The number of Topliss-reactive ketones (excluding diaryl/α,β-unsaturated/α-hetero) is 1. The van der Waals surface area contributed by atoms with Gasteiger partial charge in [0.15, 0.2) is 0 Å². The molecule has 198 valence electrons. The average Bonchev–Trinajstić information content (AvgIpc) is 2.91. The fourth-order valence-electron chi connectivity index (χ4n) is 11.0. The lowest BCUT2D eigenvalue weighted by Gasteiger charge is -2.63. The van der Waals surface area contributed by atoms with Gasteiger partial charge in [-0.15, -0.1) is 0 Å². The normalized spacial score (nSPS) is 55.5. The number of hydrogen-bond acceptors (Lipinski definition) is 5. The zero-order chi connectivity index (χ0) is 25.8. The van der Waals surface area contributed by atoms with Crippen LogP contribution in [0.15, 0.2) is 11.6 Å². The Balaban J connectivity index is 1.56. The first-order chi connectivity index (χ1) is 16.1. The molecule has 11 atom stereocenters. The van der Waals surface area contributed by atoms with Crippen LogP contribution < -0.4 is 0 Å². The van der Waals surface area contributed by atoms with Crippen molar-refractivity contribution in [1.29, 1.82) is 0 Å². The molecular formula is C30H48O5. The molecule has 5 heteroatoms. The third kappa shape index (κ3) is 3.30. The van der Waals surface area contributed by atoms with Crippen molar-refractivity contribution in [2.75, 3.05) is 6.61 Å². The van der Waals surface area contributed by atoms with Crippen LogP contribution in [-0.2, 0) is 4.79 Å². The first kappa shape index (κ1) is 25.9. The van der Waals surface area contributed by atoms with Crippen LogP contribution in [0.4, 0.5) is 0 Å². The van der Waals surface area contributed by atoms with E-state index < -0.39 is 29.1 Å². The molecule has 0 aromatic heterocycles. The Morgan fingerprint density at radius 1 is 0.886 bits per heavy atom. The molecule has 0 amide bonds. The molecule has 5 rings (SSSR count). The van der Waals surface area contributed by atoms with E-state index in [2.05, 4.69) is 33.8 Å². The van der Waals surface area contributed by atoms with E-state index in [0.717, 1.165) is 38.5 Å². The highest BCUT2D eigenvalue weighted by Gasteiger charge is 2.65. The molecule has 5 nitrogen and oxygen atoms in total. The number of fused-ring (bicyclic) bond motifs is 6. The molecule has 0 aromatic carbocycles. The largest absolute Gasteiger partial charge is 0.396 e. The predicted octanol–water partition coefficient (Wildman–Crippen LogP) is 4.26. The number of carbonyl (C=O) groups is 1. The van der Waals surface area contributed by atoms with E-state index in [4.69, 9.17) is 0 Å². The van der Waals surface area contributed by atoms with E-state index in [0.29, 0.717) is 18.8 Å². The van der Waals surface area contributed by atoms with Crippen molar-refractivity contribution in [2.45, 2.75) is 111 Å². The van der Waals surface area contributed by atoms with Gasteiger partial charge in [0.05, 0.1) is 24.9 Å². The summed E-state index contributed by atoms with van der Waals surface area (Å²) in [5.74, 6) is 0.899. The Kier molecular flexibility index (Phi) is 5.83. The molecule has 0 aromatic rings. The molecule has 35 heavy (non-hydrogen) atoms. The second-order valence-corrected chi connectivity index (χ2v) is 14.8. The van der Waals surface area contributed by atoms with Crippen molar-refractivity contribution in [1.82, 2.24) is 0 Å². The number of carbonyl (C=O) groups excluding carboxylic acids is 1. The lowest BCUT2D eigenvalue weighted by Crippen LogP contribution is -2.62. The molecule has 4 N–H and O–H groups in total. The average molecular weight is 489 g/mol. The van der Waals surface area contributed by atoms with Crippen LogP contribution in [0.2, 0.25) is 0 Å². The Bertz CT molecular complexity index is 926. The third-order valence-electron chi connectivity index (χ3n) is 12.6. The second-order valence-electron chi connectivity index (χ2n) is 14.8. The van der Waals surface area contributed by atoms with Crippen molar-refractivity contribution in [2.24, 2.45) is 50.7 Å². The van der Waals surface area contributed by atoms with Gasteiger partial charge in [-0.3, -0.25) is 4.79 Å². The van der Waals surface area contributed by atoms with Crippen molar-refractivity contribution in [3.63, 3.8) is 0 Å². The summed E-state index contributed by atoms with van der Waals surface area (Å²) in [5, 5.41) is 43.0. The Hall–Kier alpha value is -0.750.